The molecule has 3 aliphatic rings. The van der Waals surface area contributed by atoms with Gasteiger partial charge in [0.05, 0.1) is 35.3 Å². The molecule has 11 nitrogen and oxygen atoms in total. The molecule has 1 aromatic heterocycles. The van der Waals surface area contributed by atoms with E-state index in [4.69, 9.17) is 4.74 Å². The summed E-state index contributed by atoms with van der Waals surface area (Å²) in [6, 6.07) is 9.17. The van der Waals surface area contributed by atoms with Crippen LogP contribution < -0.4 is 15.0 Å². The lowest BCUT2D eigenvalue weighted by Crippen LogP contribution is -2.45. The quantitative estimate of drug-likeness (QED) is 0.374. The van der Waals surface area contributed by atoms with Gasteiger partial charge in [-0.25, -0.2) is 31.5 Å². The Morgan fingerprint density at radius 1 is 1.02 bits per heavy atom. The summed E-state index contributed by atoms with van der Waals surface area (Å²) in [6.45, 7) is 5.07. The number of carbonyl (C=O) groups excluding carboxylic acids is 2. The minimum Gasteiger partial charge on any atom is -0.486 e. The first kappa shape index (κ1) is 29.9. The third-order valence-electron chi connectivity index (χ3n) is 8.18. The fraction of sp³-hybridized carbons (Fsp3) is 0.400. The first-order valence-electron chi connectivity index (χ1n) is 14.5. The normalized spacial score (nSPS) is 17.6. The Labute approximate surface area is 253 Å². The van der Waals surface area contributed by atoms with Crippen molar-refractivity contribution in [3.63, 3.8) is 0 Å². The monoisotopic (exact) mass is 626 g/mol. The number of fused-ring (bicyclic) bond motifs is 2. The molecule has 0 unspecified atom stereocenters. The molecule has 0 aliphatic carbocycles. The molecule has 4 heterocycles. The number of hydrogen-bond donors (Lipinski definition) is 1. The van der Waals surface area contributed by atoms with Crippen molar-refractivity contribution in [1.29, 1.82) is 0 Å². The Kier molecular flexibility index (Phi) is 7.97. The van der Waals surface area contributed by atoms with Crippen LogP contribution in [0.25, 0.3) is 11.3 Å². The largest absolute Gasteiger partial charge is 0.486 e. The van der Waals surface area contributed by atoms with E-state index in [9.17, 15) is 22.4 Å². The first-order chi connectivity index (χ1) is 21.0. The van der Waals surface area contributed by atoms with Crippen molar-refractivity contribution in [2.24, 2.45) is 0 Å². The predicted molar refractivity (Wildman–Crippen MR) is 159 cm³/mol. The molecule has 6 rings (SSSR count). The van der Waals surface area contributed by atoms with Crippen LogP contribution in [0.1, 0.15) is 47.4 Å². The third-order valence-corrected chi connectivity index (χ3v) is 10.0. The number of halogens is 2. The van der Waals surface area contributed by atoms with Crippen molar-refractivity contribution in [3.8, 4) is 17.0 Å². The second-order valence-corrected chi connectivity index (χ2v) is 13.4. The second kappa shape index (κ2) is 11.7. The average molecular weight is 627 g/mol. The van der Waals surface area contributed by atoms with E-state index < -0.39 is 33.5 Å². The van der Waals surface area contributed by atoms with Crippen LogP contribution in [0.3, 0.4) is 0 Å². The lowest BCUT2D eigenvalue weighted by molar-refractivity contribution is 0.0663. The number of piperidine rings is 1. The zero-order chi connectivity index (χ0) is 31.2. The number of nitrogens with one attached hydrogen (secondary N) is 1. The van der Waals surface area contributed by atoms with E-state index in [2.05, 4.69) is 15.3 Å². The lowest BCUT2D eigenvalue weighted by Gasteiger charge is -2.34. The number of carbonyl (C=O) groups is 2. The number of ether oxygens (including phenoxy) is 1. The van der Waals surface area contributed by atoms with Crippen LogP contribution in [0.5, 0.6) is 5.75 Å². The molecule has 1 saturated heterocycles. The molecule has 2 amide bonds. The standard InChI is InChI=1S/C30H32F2N6O5S/c1-18(2)37-11-13-43-27-23(31)15-19(16-25(27)37)26-24(32)17-33-30(35-26)34-20-7-9-36(10-8-20)44(41,42)14-12-38-28(39)21-5-3-4-6-22(21)29(38)40/h3-6,15-18,20H,7-14H2,1-2H3,(H,33,34,35). The highest BCUT2D eigenvalue weighted by molar-refractivity contribution is 7.89. The predicted octanol–water partition coefficient (Wildman–Crippen LogP) is 3.53. The zero-order valence-electron chi connectivity index (χ0n) is 24.3. The molecular formula is C30H32F2N6O5S. The van der Waals surface area contributed by atoms with E-state index in [1.807, 2.05) is 18.7 Å². The molecule has 1 N–H and O–H groups in total. The van der Waals surface area contributed by atoms with Crippen molar-refractivity contribution < 1.29 is 31.5 Å². The molecule has 3 aromatic rings. The highest BCUT2D eigenvalue weighted by Gasteiger charge is 2.37. The highest BCUT2D eigenvalue weighted by atomic mass is 32.2. The van der Waals surface area contributed by atoms with Gasteiger partial charge >= 0.3 is 0 Å². The van der Waals surface area contributed by atoms with Gasteiger partial charge in [0, 0.05) is 37.3 Å². The Bertz CT molecular complexity index is 1690. The molecule has 0 bridgehead atoms. The van der Waals surface area contributed by atoms with Gasteiger partial charge in [-0.15, -0.1) is 0 Å². The fourth-order valence-corrected chi connectivity index (χ4v) is 7.29. The average Bonchev–Trinajstić information content (AvgIpc) is 3.25. The van der Waals surface area contributed by atoms with Gasteiger partial charge in [0.25, 0.3) is 11.8 Å². The molecule has 0 saturated carbocycles. The summed E-state index contributed by atoms with van der Waals surface area (Å²) in [5, 5.41) is 3.16. The second-order valence-electron chi connectivity index (χ2n) is 11.3. The molecule has 3 aliphatic heterocycles. The van der Waals surface area contributed by atoms with Crippen LogP contribution in [-0.4, -0.2) is 90.0 Å². The summed E-state index contributed by atoms with van der Waals surface area (Å²) >= 11 is 0. The summed E-state index contributed by atoms with van der Waals surface area (Å²) < 4.78 is 63.0. The molecule has 1 fully saturated rings. The van der Waals surface area contributed by atoms with E-state index >= 15 is 4.39 Å². The number of aromatic nitrogens is 2. The number of imide groups is 1. The molecule has 0 spiro atoms. The Morgan fingerprint density at radius 2 is 1.70 bits per heavy atom. The summed E-state index contributed by atoms with van der Waals surface area (Å²) in [5.41, 5.74) is 1.27. The number of benzene rings is 2. The summed E-state index contributed by atoms with van der Waals surface area (Å²) in [7, 11) is -3.74. The van der Waals surface area contributed by atoms with Crippen LogP contribution in [0.15, 0.2) is 42.6 Å². The van der Waals surface area contributed by atoms with E-state index in [0.29, 0.717) is 31.7 Å². The molecule has 14 heteroatoms. The van der Waals surface area contributed by atoms with Gasteiger partial charge in [-0.3, -0.25) is 14.5 Å². The number of sulfonamides is 1. The van der Waals surface area contributed by atoms with Gasteiger partial charge in [-0.05, 0) is 51.0 Å². The molecule has 0 atom stereocenters. The van der Waals surface area contributed by atoms with Crippen LogP contribution in [0.4, 0.5) is 20.4 Å². The van der Waals surface area contributed by atoms with Crippen LogP contribution in [0.2, 0.25) is 0 Å². The smallest absolute Gasteiger partial charge is 0.261 e. The van der Waals surface area contributed by atoms with Gasteiger partial charge in [-0.1, -0.05) is 12.1 Å². The molecule has 232 valence electrons. The Morgan fingerprint density at radius 3 is 2.36 bits per heavy atom. The van der Waals surface area contributed by atoms with Gasteiger partial charge < -0.3 is 15.0 Å². The Balaban J connectivity index is 1.09. The van der Waals surface area contributed by atoms with Crippen molar-refractivity contribution >= 4 is 33.5 Å². The van der Waals surface area contributed by atoms with Crippen molar-refractivity contribution in [3.05, 3.63) is 65.4 Å². The Hall–Kier alpha value is -4.17. The van der Waals surface area contributed by atoms with E-state index in [-0.39, 0.29) is 71.6 Å². The van der Waals surface area contributed by atoms with E-state index in [1.165, 1.54) is 10.4 Å². The SMILES string of the molecule is CC(C)N1CCOc2c(F)cc(-c3nc(NC4CCN(S(=O)(=O)CCN5C(=O)c6ccccc6C5=O)CC4)ncc3F)cc21. The number of nitrogens with zero attached hydrogens (tertiary/aromatic N) is 5. The van der Waals surface area contributed by atoms with Crippen LogP contribution in [0, 0.1) is 11.6 Å². The molecule has 0 radical (unpaired) electrons. The summed E-state index contributed by atoms with van der Waals surface area (Å²) in [4.78, 5) is 36.6. The third kappa shape index (κ3) is 5.59. The van der Waals surface area contributed by atoms with Crippen molar-refractivity contribution in [2.75, 3.05) is 48.8 Å². The van der Waals surface area contributed by atoms with Crippen LogP contribution >= 0.6 is 0 Å². The number of amides is 2. The van der Waals surface area contributed by atoms with E-state index in [1.54, 1.807) is 30.3 Å². The number of rotatable bonds is 8. The zero-order valence-corrected chi connectivity index (χ0v) is 25.1. The first-order valence-corrected chi connectivity index (χ1v) is 16.1. The van der Waals surface area contributed by atoms with Crippen molar-refractivity contribution in [2.45, 2.75) is 38.8 Å². The van der Waals surface area contributed by atoms with Gasteiger partial charge in [-0.2, -0.15) is 0 Å². The molecular weight excluding hydrogens is 594 g/mol. The molecule has 2 aromatic carbocycles. The summed E-state index contributed by atoms with van der Waals surface area (Å²) in [6.07, 6.45) is 1.88. The summed E-state index contributed by atoms with van der Waals surface area (Å²) in [5.74, 6) is -2.40. The van der Waals surface area contributed by atoms with Gasteiger partial charge in [0.15, 0.2) is 17.4 Å². The maximum atomic E-state index is 15.0. The highest BCUT2D eigenvalue weighted by Crippen LogP contribution is 2.39. The van der Waals surface area contributed by atoms with Crippen molar-refractivity contribution in [1.82, 2.24) is 19.2 Å². The molecule has 44 heavy (non-hydrogen) atoms. The maximum absolute atomic E-state index is 15.0. The van der Waals surface area contributed by atoms with Gasteiger partial charge in [0.2, 0.25) is 16.0 Å². The lowest BCUT2D eigenvalue weighted by atomic mass is 10.1. The maximum Gasteiger partial charge on any atom is 0.261 e. The fourth-order valence-electron chi connectivity index (χ4n) is 5.85. The number of hydrogen-bond acceptors (Lipinski definition) is 9. The van der Waals surface area contributed by atoms with E-state index in [0.717, 1.165) is 11.1 Å². The van der Waals surface area contributed by atoms with Gasteiger partial charge in [0.1, 0.15) is 12.3 Å². The minimum absolute atomic E-state index is 0.0633. The minimum atomic E-state index is -3.74. The number of anilines is 2. The van der Waals surface area contributed by atoms with Crippen LogP contribution in [-0.2, 0) is 10.0 Å². The topological polar surface area (TPSA) is 125 Å².